The first kappa shape index (κ1) is 18.4. The second-order valence-corrected chi connectivity index (χ2v) is 9.24. The third kappa shape index (κ3) is 4.16. The third-order valence-electron chi connectivity index (χ3n) is 3.95. The van der Waals surface area contributed by atoms with Gasteiger partial charge < -0.3 is 9.13 Å². The predicted octanol–water partition coefficient (Wildman–Crippen LogP) is 3.31. The summed E-state index contributed by atoms with van der Waals surface area (Å²) >= 11 is 0. The first-order valence-corrected chi connectivity index (χ1v) is 10.0. The van der Waals surface area contributed by atoms with E-state index in [2.05, 4.69) is 72.3 Å². The number of benzene rings is 1. The van der Waals surface area contributed by atoms with Crippen molar-refractivity contribution in [3.63, 3.8) is 0 Å². The average molecular weight is 313 g/mol. The fraction of sp³-hybridized carbons (Fsp3) is 0.263. The van der Waals surface area contributed by atoms with E-state index in [1.165, 1.54) is 5.19 Å². The molecule has 0 amide bonds. The highest BCUT2D eigenvalue weighted by atomic mass is 28.3. The van der Waals surface area contributed by atoms with Gasteiger partial charge in [-0.1, -0.05) is 54.6 Å². The van der Waals surface area contributed by atoms with Crippen molar-refractivity contribution in [1.29, 1.82) is 0 Å². The van der Waals surface area contributed by atoms with Crippen molar-refractivity contribution in [2.24, 2.45) is 0 Å². The van der Waals surface area contributed by atoms with Crippen LogP contribution in [0.5, 0.6) is 0 Å². The van der Waals surface area contributed by atoms with Gasteiger partial charge in [0.2, 0.25) is 8.40 Å². The van der Waals surface area contributed by atoms with Crippen molar-refractivity contribution < 1.29 is 0 Å². The fourth-order valence-electron chi connectivity index (χ4n) is 2.80. The Morgan fingerprint density at radius 3 is 1.45 bits per heavy atom. The van der Waals surface area contributed by atoms with Gasteiger partial charge in [0.25, 0.3) is 0 Å². The molecule has 1 aromatic rings. The second-order valence-electron chi connectivity index (χ2n) is 5.35. The van der Waals surface area contributed by atoms with Crippen LogP contribution in [0.25, 0.3) is 0 Å². The molecule has 0 spiro atoms. The van der Waals surface area contributed by atoms with Crippen LogP contribution in [0.2, 0.25) is 6.55 Å². The summed E-state index contributed by atoms with van der Waals surface area (Å²) in [6.45, 7) is 21.5. The molecule has 3 heteroatoms. The molecule has 0 atom stereocenters. The summed E-state index contributed by atoms with van der Waals surface area (Å²) in [6, 6.07) is 10.7. The Hall–Kier alpha value is -1.68. The van der Waals surface area contributed by atoms with Gasteiger partial charge in [-0.2, -0.15) is 0 Å². The van der Waals surface area contributed by atoms with E-state index < -0.39 is 8.40 Å². The zero-order chi connectivity index (χ0) is 16.4. The Labute approximate surface area is 136 Å². The summed E-state index contributed by atoms with van der Waals surface area (Å²) in [5, 5.41) is 1.38. The van der Waals surface area contributed by atoms with Crippen molar-refractivity contribution in [3.05, 3.63) is 81.0 Å². The monoisotopic (exact) mass is 312 g/mol. The molecule has 2 nitrogen and oxygen atoms in total. The van der Waals surface area contributed by atoms with Crippen LogP contribution >= 0.6 is 0 Å². The molecule has 0 aliphatic heterocycles. The summed E-state index contributed by atoms with van der Waals surface area (Å²) in [7, 11) is -2.09. The van der Waals surface area contributed by atoms with Crippen LogP contribution in [0.15, 0.2) is 81.0 Å². The SMILES string of the molecule is C=CCN(CC=C)[Si](C)(c1ccccc1)N(CC=C)CC=C. The Morgan fingerprint density at radius 2 is 1.14 bits per heavy atom. The molecule has 0 saturated carbocycles. The summed E-state index contributed by atoms with van der Waals surface area (Å²) in [6.07, 6.45) is 7.88. The van der Waals surface area contributed by atoms with Gasteiger partial charge in [-0.15, -0.1) is 26.3 Å². The first-order valence-electron chi connectivity index (χ1n) is 7.64. The molecule has 0 aliphatic carbocycles. The Kier molecular flexibility index (Phi) is 7.81. The van der Waals surface area contributed by atoms with Crippen LogP contribution in [-0.4, -0.2) is 43.7 Å². The van der Waals surface area contributed by atoms with E-state index in [-0.39, 0.29) is 0 Å². The van der Waals surface area contributed by atoms with E-state index in [4.69, 9.17) is 0 Å². The summed E-state index contributed by atoms with van der Waals surface area (Å²) in [5.41, 5.74) is 0. The molecule has 1 rings (SSSR count). The second kappa shape index (κ2) is 9.36. The van der Waals surface area contributed by atoms with Crippen LogP contribution in [0, 0.1) is 0 Å². The molecular weight excluding hydrogens is 284 g/mol. The highest BCUT2D eigenvalue weighted by molar-refractivity contribution is 6.86. The Morgan fingerprint density at radius 1 is 0.773 bits per heavy atom. The van der Waals surface area contributed by atoms with Crippen LogP contribution < -0.4 is 5.19 Å². The first-order chi connectivity index (χ1) is 10.6. The van der Waals surface area contributed by atoms with E-state index >= 15 is 0 Å². The van der Waals surface area contributed by atoms with E-state index in [0.29, 0.717) is 0 Å². The summed E-state index contributed by atoms with van der Waals surface area (Å²) in [4.78, 5) is 0. The lowest BCUT2D eigenvalue weighted by Gasteiger charge is -2.46. The lowest BCUT2D eigenvalue weighted by Crippen LogP contribution is -2.71. The standard InChI is InChI=1S/C19H28N2Si/c1-6-15-20(16-7-2)22(5,19-13-11-10-12-14-19)21(17-8-3)18-9-4/h6-14H,1-4,15-18H2,5H3. The lowest BCUT2D eigenvalue weighted by molar-refractivity contribution is 0.408. The lowest BCUT2D eigenvalue weighted by atomic mass is 10.4. The average Bonchev–Trinajstić information content (AvgIpc) is 2.54. The number of hydrogen-bond acceptors (Lipinski definition) is 2. The maximum Gasteiger partial charge on any atom is 0.237 e. The fourth-order valence-corrected chi connectivity index (χ4v) is 6.70. The normalized spacial score (nSPS) is 11.4. The van der Waals surface area contributed by atoms with Gasteiger partial charge in [0.15, 0.2) is 0 Å². The number of rotatable bonds is 11. The minimum atomic E-state index is -2.09. The minimum absolute atomic E-state index is 0.842. The van der Waals surface area contributed by atoms with Crippen LogP contribution in [0.3, 0.4) is 0 Å². The van der Waals surface area contributed by atoms with E-state index in [1.54, 1.807) is 0 Å². The molecule has 22 heavy (non-hydrogen) atoms. The van der Waals surface area contributed by atoms with Crippen molar-refractivity contribution >= 4 is 13.6 Å². The molecule has 0 N–H and O–H groups in total. The van der Waals surface area contributed by atoms with Crippen LogP contribution in [0.1, 0.15) is 0 Å². The summed E-state index contributed by atoms with van der Waals surface area (Å²) in [5.74, 6) is 0. The Bertz CT molecular complexity index is 451. The minimum Gasteiger partial charge on any atom is -0.301 e. The van der Waals surface area contributed by atoms with Crippen LogP contribution in [-0.2, 0) is 0 Å². The van der Waals surface area contributed by atoms with Gasteiger partial charge in [0.1, 0.15) is 0 Å². The smallest absolute Gasteiger partial charge is 0.237 e. The van der Waals surface area contributed by atoms with Gasteiger partial charge in [0.05, 0.1) is 0 Å². The summed E-state index contributed by atoms with van der Waals surface area (Å²) < 4.78 is 4.99. The van der Waals surface area contributed by atoms with E-state index in [0.717, 1.165) is 26.2 Å². The molecule has 0 radical (unpaired) electrons. The molecule has 1 aromatic carbocycles. The third-order valence-corrected chi connectivity index (χ3v) is 8.57. The van der Waals surface area contributed by atoms with Crippen molar-refractivity contribution in [2.45, 2.75) is 6.55 Å². The molecule has 0 unspecified atom stereocenters. The number of hydrogen-bond donors (Lipinski definition) is 0. The van der Waals surface area contributed by atoms with Crippen molar-refractivity contribution in [1.82, 2.24) is 9.13 Å². The van der Waals surface area contributed by atoms with Gasteiger partial charge in [-0.25, -0.2) is 0 Å². The van der Waals surface area contributed by atoms with E-state index in [1.807, 2.05) is 24.3 Å². The van der Waals surface area contributed by atoms with Gasteiger partial charge >= 0.3 is 0 Å². The number of nitrogens with zero attached hydrogens (tertiary/aromatic N) is 2. The molecule has 0 heterocycles. The highest BCUT2D eigenvalue weighted by Gasteiger charge is 2.41. The van der Waals surface area contributed by atoms with Gasteiger partial charge in [-0.05, 0) is 11.7 Å². The quantitative estimate of drug-likeness (QED) is 0.457. The Balaban J connectivity index is 3.39. The topological polar surface area (TPSA) is 6.48 Å². The maximum atomic E-state index is 3.93. The molecule has 0 aliphatic rings. The predicted molar refractivity (Wildman–Crippen MR) is 102 cm³/mol. The maximum absolute atomic E-state index is 3.93. The van der Waals surface area contributed by atoms with Crippen molar-refractivity contribution in [2.75, 3.05) is 26.2 Å². The highest BCUT2D eigenvalue weighted by Crippen LogP contribution is 2.17. The molecule has 118 valence electrons. The largest absolute Gasteiger partial charge is 0.301 e. The zero-order valence-electron chi connectivity index (χ0n) is 13.7. The molecule has 0 saturated heterocycles. The van der Waals surface area contributed by atoms with Crippen molar-refractivity contribution in [3.8, 4) is 0 Å². The molecule has 0 fully saturated rings. The van der Waals surface area contributed by atoms with Crippen LogP contribution in [0.4, 0.5) is 0 Å². The van der Waals surface area contributed by atoms with Gasteiger partial charge in [0, 0.05) is 26.2 Å². The van der Waals surface area contributed by atoms with E-state index in [9.17, 15) is 0 Å². The van der Waals surface area contributed by atoms with Gasteiger partial charge in [-0.3, -0.25) is 0 Å². The molecule has 0 aromatic heterocycles. The molecular formula is C19H28N2Si. The molecule has 0 bridgehead atoms. The zero-order valence-corrected chi connectivity index (χ0v) is 14.7.